The molecule has 1 aliphatic rings. The van der Waals surface area contributed by atoms with Gasteiger partial charge in [-0.3, -0.25) is 34.9 Å². The number of carbonyl (C=O) groups is 4. The van der Waals surface area contributed by atoms with Gasteiger partial charge in [-0.1, -0.05) is 17.7 Å². The number of nitrogens with one attached hydrogen (secondary N) is 2. The summed E-state index contributed by atoms with van der Waals surface area (Å²) >= 11 is 7.95. The number of imide groups is 1. The quantitative estimate of drug-likeness (QED) is 0.584. The average Bonchev–Trinajstić information content (AvgIpc) is 3.24. The molecular weight excluding hydrogens is 410 g/mol. The fraction of sp³-hybridized carbons (Fsp3) is 0.0588. The highest BCUT2D eigenvalue weighted by Gasteiger charge is 2.36. The molecule has 1 fully saturated rings. The van der Waals surface area contributed by atoms with Gasteiger partial charge in [0, 0.05) is 15.5 Å². The zero-order valence-corrected chi connectivity index (χ0v) is 16.0. The van der Waals surface area contributed by atoms with E-state index < -0.39 is 29.5 Å². The molecule has 2 N–H and O–H groups in total. The molecule has 0 bridgehead atoms. The number of thiophene rings is 1. The summed E-state index contributed by atoms with van der Waals surface area (Å²) in [4.78, 5) is 50.1. The second-order valence-electron chi connectivity index (χ2n) is 5.29. The van der Waals surface area contributed by atoms with Crippen molar-refractivity contribution in [2.75, 3.05) is 6.54 Å². The molecule has 1 saturated heterocycles. The maximum Gasteiger partial charge on any atom is 0.294 e. The van der Waals surface area contributed by atoms with Gasteiger partial charge < -0.3 is 0 Å². The smallest absolute Gasteiger partial charge is 0.271 e. The number of hydrazine groups is 1. The van der Waals surface area contributed by atoms with Crippen molar-refractivity contribution < 1.29 is 19.2 Å². The molecule has 0 saturated carbocycles. The second kappa shape index (κ2) is 8.38. The Morgan fingerprint density at radius 2 is 1.85 bits per heavy atom. The molecule has 10 heteroatoms. The van der Waals surface area contributed by atoms with E-state index in [1.54, 1.807) is 18.2 Å². The normalized spacial score (nSPS) is 15.3. The topological polar surface area (TPSA) is 95.6 Å². The predicted octanol–water partition coefficient (Wildman–Crippen LogP) is 2.90. The van der Waals surface area contributed by atoms with Crippen LogP contribution in [0.3, 0.4) is 0 Å². The minimum absolute atomic E-state index is 0.250. The van der Waals surface area contributed by atoms with Crippen LogP contribution < -0.4 is 10.9 Å². The van der Waals surface area contributed by atoms with E-state index in [1.807, 2.05) is 17.5 Å². The number of hydrogen-bond acceptors (Lipinski definition) is 6. The number of benzene rings is 1. The fourth-order valence-corrected chi connectivity index (χ4v) is 3.81. The third-order valence-electron chi connectivity index (χ3n) is 3.41. The van der Waals surface area contributed by atoms with Crippen LogP contribution in [0.15, 0.2) is 46.7 Å². The largest absolute Gasteiger partial charge is 0.294 e. The van der Waals surface area contributed by atoms with Crippen LogP contribution >= 0.6 is 34.7 Å². The van der Waals surface area contributed by atoms with Crippen molar-refractivity contribution in [2.45, 2.75) is 0 Å². The molecular formula is C17H12ClN3O4S2. The summed E-state index contributed by atoms with van der Waals surface area (Å²) in [7, 11) is 0. The number of thioether (sulfide) groups is 1. The lowest BCUT2D eigenvalue weighted by Gasteiger charge is -2.13. The molecule has 1 aromatic carbocycles. The molecule has 2 heterocycles. The maximum atomic E-state index is 12.3. The van der Waals surface area contributed by atoms with E-state index in [0.29, 0.717) is 10.6 Å². The summed E-state index contributed by atoms with van der Waals surface area (Å²) in [6, 6.07) is 9.72. The van der Waals surface area contributed by atoms with Crippen molar-refractivity contribution in [1.82, 2.24) is 15.8 Å². The molecule has 0 unspecified atom stereocenters. The molecule has 138 valence electrons. The maximum absolute atomic E-state index is 12.3. The van der Waals surface area contributed by atoms with E-state index in [1.165, 1.54) is 23.5 Å². The van der Waals surface area contributed by atoms with Crippen LogP contribution in [0.2, 0.25) is 5.02 Å². The summed E-state index contributed by atoms with van der Waals surface area (Å²) in [6.45, 7) is -0.493. The lowest BCUT2D eigenvalue weighted by molar-refractivity contribution is -0.129. The van der Waals surface area contributed by atoms with Gasteiger partial charge in [-0.2, -0.15) is 0 Å². The van der Waals surface area contributed by atoms with Gasteiger partial charge in [0.1, 0.15) is 6.54 Å². The SMILES string of the molecule is O=C(CN1C(=O)S/C(=C\c2cccs2)C1=O)NNC(=O)c1ccc(Cl)cc1. The monoisotopic (exact) mass is 421 g/mol. The number of rotatable bonds is 4. The Bertz CT molecular complexity index is 926. The van der Waals surface area contributed by atoms with Crippen molar-refractivity contribution in [2.24, 2.45) is 0 Å². The number of hydrogen-bond donors (Lipinski definition) is 2. The van der Waals surface area contributed by atoms with Gasteiger partial charge in [0.25, 0.3) is 23.0 Å². The summed E-state index contributed by atoms with van der Waals surface area (Å²) in [5.41, 5.74) is 4.69. The van der Waals surface area contributed by atoms with Gasteiger partial charge in [-0.25, -0.2) is 0 Å². The molecule has 27 heavy (non-hydrogen) atoms. The third-order valence-corrected chi connectivity index (χ3v) is 5.39. The van der Waals surface area contributed by atoms with Crippen LogP contribution in [0.5, 0.6) is 0 Å². The van der Waals surface area contributed by atoms with Crippen LogP contribution in [0.25, 0.3) is 6.08 Å². The summed E-state index contributed by atoms with van der Waals surface area (Å²) in [6.07, 6.45) is 1.61. The van der Waals surface area contributed by atoms with Crippen molar-refractivity contribution in [3.05, 3.63) is 62.1 Å². The second-order valence-corrected chi connectivity index (χ2v) is 7.70. The van der Waals surface area contributed by atoms with Gasteiger partial charge in [0.2, 0.25) is 0 Å². The first-order valence-electron chi connectivity index (χ1n) is 7.57. The molecule has 3 rings (SSSR count). The Kier molecular flexibility index (Phi) is 5.94. The van der Waals surface area contributed by atoms with Crippen molar-refractivity contribution in [3.8, 4) is 0 Å². The Hall–Kier alpha value is -2.62. The Balaban J connectivity index is 1.56. The summed E-state index contributed by atoms with van der Waals surface area (Å²) < 4.78 is 0. The van der Waals surface area contributed by atoms with E-state index in [0.717, 1.165) is 21.5 Å². The highest BCUT2D eigenvalue weighted by Crippen LogP contribution is 2.32. The lowest BCUT2D eigenvalue weighted by atomic mass is 10.2. The first-order chi connectivity index (χ1) is 12.9. The van der Waals surface area contributed by atoms with Crippen molar-refractivity contribution in [3.63, 3.8) is 0 Å². The Morgan fingerprint density at radius 3 is 2.52 bits per heavy atom. The van der Waals surface area contributed by atoms with Gasteiger partial charge in [-0.15, -0.1) is 11.3 Å². The highest BCUT2D eigenvalue weighted by atomic mass is 35.5. The van der Waals surface area contributed by atoms with Crippen molar-refractivity contribution >= 4 is 63.7 Å². The Labute approximate surface area is 167 Å². The molecule has 0 atom stereocenters. The lowest BCUT2D eigenvalue weighted by Crippen LogP contribution is -2.47. The number of carbonyl (C=O) groups excluding carboxylic acids is 4. The third kappa shape index (κ3) is 4.76. The van der Waals surface area contributed by atoms with E-state index in [9.17, 15) is 19.2 Å². The number of amides is 4. The predicted molar refractivity (Wildman–Crippen MR) is 104 cm³/mol. The van der Waals surface area contributed by atoms with Gasteiger partial charge in [-0.05, 0) is 53.5 Å². The van der Waals surface area contributed by atoms with Crippen LogP contribution in [0, 0.1) is 0 Å². The van der Waals surface area contributed by atoms with Crippen LogP contribution in [-0.4, -0.2) is 34.4 Å². The van der Waals surface area contributed by atoms with Crippen LogP contribution in [0.1, 0.15) is 15.2 Å². The highest BCUT2D eigenvalue weighted by molar-refractivity contribution is 8.18. The fourth-order valence-electron chi connectivity index (χ4n) is 2.12. The van der Waals surface area contributed by atoms with E-state index in [4.69, 9.17) is 11.6 Å². The summed E-state index contributed by atoms with van der Waals surface area (Å²) in [5.74, 6) is -1.79. The molecule has 7 nitrogen and oxygen atoms in total. The zero-order chi connectivity index (χ0) is 19.4. The zero-order valence-electron chi connectivity index (χ0n) is 13.6. The molecule has 4 amide bonds. The van der Waals surface area contributed by atoms with Crippen molar-refractivity contribution in [1.29, 1.82) is 0 Å². The summed E-state index contributed by atoms with van der Waals surface area (Å²) in [5, 5.41) is 1.79. The van der Waals surface area contributed by atoms with E-state index in [-0.39, 0.29) is 4.91 Å². The van der Waals surface area contributed by atoms with E-state index >= 15 is 0 Å². The number of nitrogens with zero attached hydrogens (tertiary/aromatic N) is 1. The minimum Gasteiger partial charge on any atom is -0.271 e. The molecule has 0 spiro atoms. The first-order valence-corrected chi connectivity index (χ1v) is 9.65. The molecule has 1 aromatic heterocycles. The molecule has 1 aliphatic heterocycles. The first kappa shape index (κ1) is 19.2. The average molecular weight is 422 g/mol. The van der Waals surface area contributed by atoms with Crippen LogP contribution in [0.4, 0.5) is 4.79 Å². The number of halogens is 1. The molecule has 2 aromatic rings. The van der Waals surface area contributed by atoms with Gasteiger partial charge >= 0.3 is 0 Å². The molecule has 0 aliphatic carbocycles. The van der Waals surface area contributed by atoms with Gasteiger partial charge in [0.05, 0.1) is 4.91 Å². The van der Waals surface area contributed by atoms with E-state index in [2.05, 4.69) is 10.9 Å². The Morgan fingerprint density at radius 1 is 1.11 bits per heavy atom. The standard InChI is InChI=1S/C17H12ClN3O4S2/c18-11-5-3-10(4-6-11)15(23)20-19-14(22)9-21-16(24)13(27-17(21)25)8-12-2-1-7-26-12/h1-8H,9H2,(H,19,22)(H,20,23)/b13-8-. The van der Waals surface area contributed by atoms with Gasteiger partial charge in [0.15, 0.2) is 0 Å². The van der Waals surface area contributed by atoms with Crippen LogP contribution in [-0.2, 0) is 9.59 Å². The minimum atomic E-state index is -0.697. The molecule has 0 radical (unpaired) electrons.